The number of benzene rings is 1. The Morgan fingerprint density at radius 2 is 1.78 bits per heavy atom. The SMILES string of the molecule is Cc1nnc(-c2cccnc2N2CCN(C(=O)c3ccccc3C)CC2)o1. The zero-order valence-electron chi connectivity index (χ0n) is 15.4. The molecule has 1 aliphatic heterocycles. The smallest absolute Gasteiger partial charge is 0.254 e. The fraction of sp³-hybridized carbons (Fsp3) is 0.300. The van der Waals surface area contributed by atoms with E-state index >= 15 is 0 Å². The van der Waals surface area contributed by atoms with Crippen LogP contribution in [0, 0.1) is 13.8 Å². The summed E-state index contributed by atoms with van der Waals surface area (Å²) in [6.07, 6.45) is 1.76. The first-order valence-corrected chi connectivity index (χ1v) is 8.99. The number of carbonyl (C=O) groups is 1. The minimum absolute atomic E-state index is 0.0847. The van der Waals surface area contributed by atoms with Crippen LogP contribution in [0.3, 0.4) is 0 Å². The molecule has 1 aliphatic rings. The van der Waals surface area contributed by atoms with E-state index in [1.54, 1.807) is 13.1 Å². The lowest BCUT2D eigenvalue weighted by Crippen LogP contribution is -2.49. The van der Waals surface area contributed by atoms with E-state index < -0.39 is 0 Å². The Balaban J connectivity index is 1.51. The molecule has 1 amide bonds. The van der Waals surface area contributed by atoms with Gasteiger partial charge >= 0.3 is 0 Å². The van der Waals surface area contributed by atoms with Gasteiger partial charge in [-0.25, -0.2) is 4.98 Å². The number of aryl methyl sites for hydroxylation is 2. The normalized spacial score (nSPS) is 14.4. The van der Waals surface area contributed by atoms with Crippen LogP contribution in [0.5, 0.6) is 0 Å². The van der Waals surface area contributed by atoms with E-state index in [0.29, 0.717) is 38.0 Å². The molecule has 0 radical (unpaired) electrons. The van der Waals surface area contributed by atoms with Crippen molar-refractivity contribution < 1.29 is 9.21 Å². The van der Waals surface area contributed by atoms with E-state index in [4.69, 9.17) is 4.42 Å². The molecule has 1 fully saturated rings. The van der Waals surface area contributed by atoms with Crippen LogP contribution < -0.4 is 4.90 Å². The van der Waals surface area contributed by atoms with Crippen molar-refractivity contribution in [3.05, 3.63) is 59.6 Å². The minimum atomic E-state index is 0.0847. The van der Waals surface area contributed by atoms with Gasteiger partial charge in [-0.2, -0.15) is 0 Å². The van der Waals surface area contributed by atoms with Crippen LogP contribution in [0.15, 0.2) is 47.0 Å². The number of amides is 1. The van der Waals surface area contributed by atoms with E-state index in [1.807, 2.05) is 48.2 Å². The molecular formula is C20H21N5O2. The molecule has 0 aliphatic carbocycles. The van der Waals surface area contributed by atoms with E-state index in [1.165, 1.54) is 0 Å². The van der Waals surface area contributed by atoms with Crippen LogP contribution in [0.2, 0.25) is 0 Å². The highest BCUT2D eigenvalue weighted by Gasteiger charge is 2.26. The summed E-state index contributed by atoms with van der Waals surface area (Å²) in [5.74, 6) is 1.88. The van der Waals surface area contributed by atoms with E-state index in [0.717, 1.165) is 22.5 Å². The summed E-state index contributed by atoms with van der Waals surface area (Å²) in [5.41, 5.74) is 2.59. The molecule has 138 valence electrons. The summed E-state index contributed by atoms with van der Waals surface area (Å²) >= 11 is 0. The average Bonchev–Trinajstić information content (AvgIpc) is 3.14. The molecule has 3 aromatic rings. The minimum Gasteiger partial charge on any atom is -0.421 e. The van der Waals surface area contributed by atoms with Crippen molar-refractivity contribution in [1.29, 1.82) is 0 Å². The van der Waals surface area contributed by atoms with E-state index in [9.17, 15) is 4.79 Å². The van der Waals surface area contributed by atoms with Gasteiger partial charge in [0.15, 0.2) is 0 Å². The lowest BCUT2D eigenvalue weighted by Gasteiger charge is -2.36. The molecule has 0 atom stereocenters. The highest BCUT2D eigenvalue weighted by molar-refractivity contribution is 5.95. The first-order chi connectivity index (χ1) is 13.1. The summed E-state index contributed by atoms with van der Waals surface area (Å²) in [6.45, 7) is 6.43. The molecule has 7 heteroatoms. The Morgan fingerprint density at radius 1 is 1.00 bits per heavy atom. The molecule has 1 aromatic carbocycles. The summed E-state index contributed by atoms with van der Waals surface area (Å²) < 4.78 is 5.58. The maximum Gasteiger partial charge on any atom is 0.254 e. The van der Waals surface area contributed by atoms with Gasteiger partial charge in [-0.05, 0) is 30.7 Å². The third-order valence-electron chi connectivity index (χ3n) is 4.79. The number of anilines is 1. The van der Waals surface area contributed by atoms with Crippen molar-refractivity contribution in [3.8, 4) is 11.5 Å². The van der Waals surface area contributed by atoms with Gasteiger partial charge in [0.25, 0.3) is 11.8 Å². The quantitative estimate of drug-likeness (QED) is 0.712. The van der Waals surface area contributed by atoms with Gasteiger partial charge in [0.05, 0.1) is 5.56 Å². The van der Waals surface area contributed by atoms with Crippen LogP contribution in [-0.4, -0.2) is 52.2 Å². The molecule has 3 heterocycles. The standard InChI is InChI=1S/C20H21N5O2/c1-14-6-3-4-7-16(14)20(26)25-12-10-24(11-13-25)18-17(8-5-9-21-18)19-23-22-15(2)27-19/h3-9H,10-13H2,1-2H3. The molecule has 2 aromatic heterocycles. The number of hydrogen-bond acceptors (Lipinski definition) is 6. The van der Waals surface area contributed by atoms with Crippen LogP contribution in [0.25, 0.3) is 11.5 Å². The Kier molecular flexibility index (Phi) is 4.58. The van der Waals surface area contributed by atoms with Crippen molar-refractivity contribution in [1.82, 2.24) is 20.1 Å². The van der Waals surface area contributed by atoms with E-state index in [-0.39, 0.29) is 5.91 Å². The summed E-state index contributed by atoms with van der Waals surface area (Å²) in [5, 5.41) is 8.03. The van der Waals surface area contributed by atoms with Crippen LogP contribution in [0.4, 0.5) is 5.82 Å². The Bertz CT molecular complexity index is 960. The van der Waals surface area contributed by atoms with E-state index in [2.05, 4.69) is 20.1 Å². The molecule has 27 heavy (non-hydrogen) atoms. The third kappa shape index (κ3) is 3.40. The van der Waals surface area contributed by atoms with Gasteiger partial charge in [-0.1, -0.05) is 18.2 Å². The van der Waals surface area contributed by atoms with Gasteiger partial charge in [0.1, 0.15) is 5.82 Å². The largest absolute Gasteiger partial charge is 0.421 e. The zero-order valence-corrected chi connectivity index (χ0v) is 15.4. The zero-order chi connectivity index (χ0) is 18.8. The lowest BCUT2D eigenvalue weighted by molar-refractivity contribution is 0.0746. The Labute approximate surface area is 157 Å². The first kappa shape index (κ1) is 17.2. The monoisotopic (exact) mass is 363 g/mol. The number of carbonyl (C=O) groups excluding carboxylic acids is 1. The summed E-state index contributed by atoms with van der Waals surface area (Å²) in [4.78, 5) is 21.4. The summed E-state index contributed by atoms with van der Waals surface area (Å²) in [6, 6.07) is 11.5. The van der Waals surface area contributed by atoms with Gasteiger partial charge in [-0.3, -0.25) is 4.79 Å². The highest BCUT2D eigenvalue weighted by atomic mass is 16.4. The molecule has 0 saturated carbocycles. The third-order valence-corrected chi connectivity index (χ3v) is 4.79. The van der Waals surface area contributed by atoms with Crippen LogP contribution in [0.1, 0.15) is 21.8 Å². The fourth-order valence-electron chi connectivity index (χ4n) is 3.33. The Morgan fingerprint density at radius 3 is 2.48 bits per heavy atom. The van der Waals surface area contributed by atoms with Gasteiger partial charge < -0.3 is 14.2 Å². The van der Waals surface area contributed by atoms with Crippen molar-refractivity contribution in [3.63, 3.8) is 0 Å². The predicted molar refractivity (Wildman–Crippen MR) is 102 cm³/mol. The van der Waals surface area contributed by atoms with Gasteiger partial charge in [0, 0.05) is 44.9 Å². The highest BCUT2D eigenvalue weighted by Crippen LogP contribution is 2.28. The molecule has 1 saturated heterocycles. The topological polar surface area (TPSA) is 75.4 Å². The molecule has 7 nitrogen and oxygen atoms in total. The van der Waals surface area contributed by atoms with Crippen molar-refractivity contribution in [2.75, 3.05) is 31.1 Å². The number of piperazine rings is 1. The molecular weight excluding hydrogens is 342 g/mol. The second-order valence-electron chi connectivity index (χ2n) is 6.59. The van der Waals surface area contributed by atoms with Crippen LogP contribution >= 0.6 is 0 Å². The van der Waals surface area contributed by atoms with Gasteiger partial charge in [0.2, 0.25) is 5.89 Å². The Hall–Kier alpha value is -3.22. The number of nitrogens with zero attached hydrogens (tertiary/aromatic N) is 5. The number of aromatic nitrogens is 3. The lowest BCUT2D eigenvalue weighted by atomic mass is 10.1. The maximum atomic E-state index is 12.8. The molecule has 0 unspecified atom stereocenters. The van der Waals surface area contributed by atoms with Gasteiger partial charge in [-0.15, -0.1) is 10.2 Å². The predicted octanol–water partition coefficient (Wildman–Crippen LogP) is 2.71. The maximum absolute atomic E-state index is 12.8. The molecule has 0 N–H and O–H groups in total. The average molecular weight is 363 g/mol. The first-order valence-electron chi connectivity index (χ1n) is 8.99. The molecule has 4 rings (SSSR count). The van der Waals surface area contributed by atoms with Crippen molar-refractivity contribution in [2.45, 2.75) is 13.8 Å². The van der Waals surface area contributed by atoms with Crippen LogP contribution in [-0.2, 0) is 0 Å². The number of pyridine rings is 1. The molecule has 0 bridgehead atoms. The second-order valence-corrected chi connectivity index (χ2v) is 6.59. The second kappa shape index (κ2) is 7.19. The molecule has 0 spiro atoms. The fourth-order valence-corrected chi connectivity index (χ4v) is 3.33. The van der Waals surface area contributed by atoms with Crippen molar-refractivity contribution >= 4 is 11.7 Å². The number of rotatable bonds is 3. The summed E-state index contributed by atoms with van der Waals surface area (Å²) in [7, 11) is 0. The van der Waals surface area contributed by atoms with Crippen molar-refractivity contribution in [2.24, 2.45) is 0 Å². The number of hydrogen-bond donors (Lipinski definition) is 0.